The Kier molecular flexibility index (Phi) is 2.37. The lowest BCUT2D eigenvalue weighted by atomic mass is 9.96. The summed E-state index contributed by atoms with van der Waals surface area (Å²) in [6.45, 7) is 8.07. The molecule has 0 amide bonds. The van der Waals surface area contributed by atoms with Crippen LogP contribution >= 0.6 is 0 Å². The third-order valence-corrected chi connectivity index (χ3v) is 3.51. The normalized spacial score (nSPS) is 18.8. The van der Waals surface area contributed by atoms with Crippen LogP contribution in [0.3, 0.4) is 0 Å². The lowest BCUT2D eigenvalue weighted by molar-refractivity contribution is 0.227. The van der Waals surface area contributed by atoms with E-state index in [9.17, 15) is 5.11 Å². The van der Waals surface area contributed by atoms with Crippen LogP contribution in [-0.4, -0.2) is 11.2 Å². The molecule has 2 heteroatoms. The van der Waals surface area contributed by atoms with Crippen LogP contribution in [0.2, 0.25) is 0 Å². The molecular formula is C13H18O2. The lowest BCUT2D eigenvalue weighted by Crippen LogP contribution is -2.10. The summed E-state index contributed by atoms with van der Waals surface area (Å²) >= 11 is 0. The minimum absolute atomic E-state index is 0.290. The molecule has 0 saturated heterocycles. The standard InChI is InChI=1S/C13H18O2/c1-5-10-6-11-9(4)12(14)7(2)8(3)13(11)15-10/h10,14H,5-6H2,1-4H3/t10-/m0/s1. The van der Waals surface area contributed by atoms with E-state index in [0.717, 1.165) is 35.3 Å². The molecule has 1 atom stereocenters. The van der Waals surface area contributed by atoms with Gasteiger partial charge in [0.15, 0.2) is 0 Å². The van der Waals surface area contributed by atoms with E-state index in [2.05, 4.69) is 6.92 Å². The van der Waals surface area contributed by atoms with Gasteiger partial charge >= 0.3 is 0 Å². The molecule has 1 aromatic rings. The molecule has 0 aromatic heterocycles. The predicted octanol–water partition coefficient (Wildman–Crippen LogP) is 3.03. The van der Waals surface area contributed by atoms with E-state index in [1.165, 1.54) is 5.56 Å². The molecule has 0 radical (unpaired) electrons. The van der Waals surface area contributed by atoms with Crippen molar-refractivity contribution >= 4 is 0 Å². The zero-order valence-corrected chi connectivity index (χ0v) is 9.85. The Morgan fingerprint density at radius 2 is 1.87 bits per heavy atom. The zero-order chi connectivity index (χ0) is 11.2. The van der Waals surface area contributed by atoms with Crippen LogP contribution in [0.4, 0.5) is 0 Å². The van der Waals surface area contributed by atoms with Crippen molar-refractivity contribution in [2.45, 2.75) is 46.6 Å². The Balaban J connectivity index is 2.59. The number of hydrogen-bond acceptors (Lipinski definition) is 2. The highest BCUT2D eigenvalue weighted by Gasteiger charge is 2.27. The minimum Gasteiger partial charge on any atom is -0.507 e. The summed E-state index contributed by atoms with van der Waals surface area (Å²) in [6, 6.07) is 0. The largest absolute Gasteiger partial charge is 0.507 e. The van der Waals surface area contributed by atoms with E-state index in [1.54, 1.807) is 0 Å². The van der Waals surface area contributed by atoms with Crippen LogP contribution < -0.4 is 4.74 Å². The monoisotopic (exact) mass is 206 g/mol. The summed E-state index contributed by atoms with van der Waals surface area (Å²) in [7, 11) is 0. The molecule has 1 N–H and O–H groups in total. The van der Waals surface area contributed by atoms with Gasteiger partial charge in [0.05, 0.1) is 0 Å². The van der Waals surface area contributed by atoms with Crippen molar-refractivity contribution in [1.29, 1.82) is 0 Å². The van der Waals surface area contributed by atoms with E-state index < -0.39 is 0 Å². The van der Waals surface area contributed by atoms with E-state index in [0.29, 0.717) is 11.9 Å². The molecule has 2 rings (SSSR count). The van der Waals surface area contributed by atoms with E-state index in [1.807, 2.05) is 20.8 Å². The maximum absolute atomic E-state index is 9.95. The highest BCUT2D eigenvalue weighted by atomic mass is 16.5. The fourth-order valence-electron chi connectivity index (χ4n) is 2.24. The number of fused-ring (bicyclic) bond motifs is 1. The number of ether oxygens (including phenoxy) is 1. The van der Waals surface area contributed by atoms with Gasteiger partial charge in [-0.25, -0.2) is 0 Å². The minimum atomic E-state index is 0.290. The summed E-state index contributed by atoms with van der Waals surface area (Å²) in [6.07, 6.45) is 2.25. The van der Waals surface area contributed by atoms with Crippen molar-refractivity contribution in [3.05, 3.63) is 22.3 Å². The topological polar surface area (TPSA) is 29.5 Å². The Bertz CT molecular complexity index is 371. The highest BCUT2D eigenvalue weighted by Crippen LogP contribution is 2.42. The van der Waals surface area contributed by atoms with Crippen LogP contribution in [0.1, 0.15) is 35.6 Å². The van der Waals surface area contributed by atoms with E-state index in [4.69, 9.17) is 4.74 Å². The molecule has 0 spiro atoms. The van der Waals surface area contributed by atoms with Crippen LogP contribution in [0, 0.1) is 20.8 Å². The summed E-state index contributed by atoms with van der Waals surface area (Å²) in [5, 5.41) is 9.95. The Morgan fingerprint density at radius 3 is 2.47 bits per heavy atom. The van der Waals surface area contributed by atoms with Gasteiger partial charge < -0.3 is 9.84 Å². The van der Waals surface area contributed by atoms with Gasteiger partial charge in [0, 0.05) is 12.0 Å². The molecule has 2 nitrogen and oxygen atoms in total. The van der Waals surface area contributed by atoms with Gasteiger partial charge in [0.1, 0.15) is 17.6 Å². The first-order valence-corrected chi connectivity index (χ1v) is 5.54. The number of hydrogen-bond donors (Lipinski definition) is 1. The third-order valence-electron chi connectivity index (χ3n) is 3.51. The molecule has 1 aliphatic heterocycles. The fourth-order valence-corrected chi connectivity index (χ4v) is 2.24. The second kappa shape index (κ2) is 3.44. The molecule has 82 valence electrons. The number of rotatable bonds is 1. The molecule has 0 bridgehead atoms. The first-order chi connectivity index (χ1) is 7.06. The molecule has 0 fully saturated rings. The zero-order valence-electron chi connectivity index (χ0n) is 9.85. The highest BCUT2D eigenvalue weighted by molar-refractivity contribution is 5.58. The van der Waals surface area contributed by atoms with Gasteiger partial charge in [-0.05, 0) is 43.9 Å². The fraction of sp³-hybridized carbons (Fsp3) is 0.538. The Hall–Kier alpha value is -1.18. The van der Waals surface area contributed by atoms with Crippen molar-refractivity contribution in [2.75, 3.05) is 0 Å². The number of phenols is 1. The van der Waals surface area contributed by atoms with Crippen molar-refractivity contribution in [3.8, 4) is 11.5 Å². The lowest BCUT2D eigenvalue weighted by Gasteiger charge is -2.13. The van der Waals surface area contributed by atoms with Crippen molar-refractivity contribution in [2.24, 2.45) is 0 Å². The smallest absolute Gasteiger partial charge is 0.126 e. The van der Waals surface area contributed by atoms with Crippen LogP contribution in [0.5, 0.6) is 11.5 Å². The van der Waals surface area contributed by atoms with Gasteiger partial charge in [0.2, 0.25) is 0 Å². The van der Waals surface area contributed by atoms with Gasteiger partial charge in [-0.15, -0.1) is 0 Å². The number of benzene rings is 1. The molecule has 15 heavy (non-hydrogen) atoms. The first kappa shape index (κ1) is 10.3. The quantitative estimate of drug-likeness (QED) is 0.765. The van der Waals surface area contributed by atoms with Crippen LogP contribution in [-0.2, 0) is 6.42 Å². The Labute approximate surface area is 90.9 Å². The molecule has 0 saturated carbocycles. The van der Waals surface area contributed by atoms with Gasteiger partial charge in [-0.1, -0.05) is 6.92 Å². The molecular weight excluding hydrogens is 188 g/mol. The average molecular weight is 206 g/mol. The van der Waals surface area contributed by atoms with Crippen molar-refractivity contribution in [1.82, 2.24) is 0 Å². The second-order valence-electron chi connectivity index (χ2n) is 4.38. The summed E-state index contributed by atoms with van der Waals surface area (Å²) < 4.78 is 5.89. The summed E-state index contributed by atoms with van der Waals surface area (Å²) in [5.41, 5.74) is 4.22. The molecule has 0 unspecified atom stereocenters. The third kappa shape index (κ3) is 1.39. The molecule has 1 heterocycles. The number of phenolic OH excluding ortho intramolecular Hbond substituents is 1. The van der Waals surface area contributed by atoms with Crippen molar-refractivity contribution in [3.63, 3.8) is 0 Å². The van der Waals surface area contributed by atoms with Crippen molar-refractivity contribution < 1.29 is 9.84 Å². The molecule has 1 aromatic carbocycles. The SMILES string of the molecule is CC[C@H]1Cc2c(C)c(O)c(C)c(C)c2O1. The average Bonchev–Trinajstić information content (AvgIpc) is 2.67. The van der Waals surface area contributed by atoms with E-state index >= 15 is 0 Å². The van der Waals surface area contributed by atoms with Gasteiger partial charge in [-0.3, -0.25) is 0 Å². The van der Waals surface area contributed by atoms with E-state index in [-0.39, 0.29) is 0 Å². The summed E-state index contributed by atoms with van der Waals surface area (Å²) in [5.74, 6) is 1.45. The van der Waals surface area contributed by atoms with Crippen LogP contribution in [0.15, 0.2) is 0 Å². The Morgan fingerprint density at radius 1 is 1.20 bits per heavy atom. The summed E-state index contributed by atoms with van der Waals surface area (Å²) in [4.78, 5) is 0. The maximum Gasteiger partial charge on any atom is 0.126 e. The maximum atomic E-state index is 9.95. The van der Waals surface area contributed by atoms with Crippen LogP contribution in [0.25, 0.3) is 0 Å². The van der Waals surface area contributed by atoms with Gasteiger partial charge in [0.25, 0.3) is 0 Å². The van der Waals surface area contributed by atoms with Gasteiger partial charge in [-0.2, -0.15) is 0 Å². The number of aromatic hydroxyl groups is 1. The first-order valence-electron chi connectivity index (χ1n) is 5.54. The molecule has 1 aliphatic rings. The molecule has 0 aliphatic carbocycles. The second-order valence-corrected chi connectivity index (χ2v) is 4.38. The predicted molar refractivity (Wildman–Crippen MR) is 60.7 cm³/mol.